The maximum Gasteiger partial charge on any atom is 0.435 e. The standard InChI is InChI=1S/C13H18F3N5O/c1-9(2)5-21-11(17-8-18-21)7-20-6-10(3-4-22)12(19-20)13(14,15)16/h6,8-9,22H,3-5,7H2,1-2H3. The van der Waals surface area contributed by atoms with E-state index < -0.39 is 11.9 Å². The lowest BCUT2D eigenvalue weighted by molar-refractivity contribution is -0.142. The number of nitrogens with zero attached hydrogens (tertiary/aromatic N) is 5. The first kappa shape index (κ1) is 16.5. The molecule has 122 valence electrons. The van der Waals surface area contributed by atoms with Gasteiger partial charge in [-0.3, -0.25) is 4.68 Å². The van der Waals surface area contributed by atoms with Gasteiger partial charge < -0.3 is 5.11 Å². The van der Waals surface area contributed by atoms with Crippen molar-refractivity contribution in [1.82, 2.24) is 24.5 Å². The second kappa shape index (κ2) is 6.47. The van der Waals surface area contributed by atoms with Gasteiger partial charge in [0.15, 0.2) is 5.69 Å². The Hall–Kier alpha value is -1.90. The van der Waals surface area contributed by atoms with Crippen molar-refractivity contribution in [2.75, 3.05) is 6.61 Å². The average molecular weight is 317 g/mol. The van der Waals surface area contributed by atoms with Crippen LogP contribution in [0.1, 0.15) is 30.9 Å². The van der Waals surface area contributed by atoms with Crippen LogP contribution in [0.2, 0.25) is 0 Å². The predicted molar refractivity (Wildman–Crippen MR) is 72.0 cm³/mol. The molecule has 0 aromatic carbocycles. The minimum atomic E-state index is -4.54. The summed E-state index contributed by atoms with van der Waals surface area (Å²) in [6, 6.07) is 0. The van der Waals surface area contributed by atoms with Crippen molar-refractivity contribution in [3.63, 3.8) is 0 Å². The lowest BCUT2D eigenvalue weighted by Crippen LogP contribution is -2.14. The Labute approximate surface area is 125 Å². The first-order valence-corrected chi connectivity index (χ1v) is 6.92. The van der Waals surface area contributed by atoms with Crippen molar-refractivity contribution in [2.45, 2.75) is 39.5 Å². The van der Waals surface area contributed by atoms with E-state index in [-0.39, 0.29) is 25.1 Å². The Kier molecular flexibility index (Phi) is 4.84. The molecule has 9 heteroatoms. The molecule has 0 saturated carbocycles. The normalized spacial score (nSPS) is 12.3. The van der Waals surface area contributed by atoms with Crippen LogP contribution in [0.15, 0.2) is 12.5 Å². The van der Waals surface area contributed by atoms with E-state index in [1.54, 1.807) is 4.68 Å². The largest absolute Gasteiger partial charge is 0.435 e. The minimum Gasteiger partial charge on any atom is -0.396 e. The highest BCUT2D eigenvalue weighted by Crippen LogP contribution is 2.31. The second-order valence-electron chi connectivity index (χ2n) is 5.42. The molecule has 0 amide bonds. The third-order valence-electron chi connectivity index (χ3n) is 3.02. The number of hydrogen-bond acceptors (Lipinski definition) is 4. The summed E-state index contributed by atoms with van der Waals surface area (Å²) >= 11 is 0. The van der Waals surface area contributed by atoms with Crippen molar-refractivity contribution < 1.29 is 18.3 Å². The summed E-state index contributed by atoms with van der Waals surface area (Å²) < 4.78 is 41.6. The molecule has 2 heterocycles. The van der Waals surface area contributed by atoms with E-state index in [2.05, 4.69) is 15.2 Å². The van der Waals surface area contributed by atoms with E-state index in [1.807, 2.05) is 13.8 Å². The highest BCUT2D eigenvalue weighted by Gasteiger charge is 2.36. The first-order valence-electron chi connectivity index (χ1n) is 6.92. The Morgan fingerprint density at radius 2 is 2.05 bits per heavy atom. The topological polar surface area (TPSA) is 68.8 Å². The molecule has 0 spiro atoms. The van der Waals surface area contributed by atoms with Gasteiger partial charge in [-0.15, -0.1) is 0 Å². The van der Waals surface area contributed by atoms with E-state index in [9.17, 15) is 13.2 Å². The molecule has 0 aliphatic heterocycles. The summed E-state index contributed by atoms with van der Waals surface area (Å²) in [7, 11) is 0. The Bertz CT molecular complexity index is 617. The van der Waals surface area contributed by atoms with Crippen LogP contribution in [0.3, 0.4) is 0 Å². The number of rotatable bonds is 6. The predicted octanol–water partition coefficient (Wildman–Crippen LogP) is 1.73. The van der Waals surface area contributed by atoms with Crippen molar-refractivity contribution >= 4 is 0 Å². The van der Waals surface area contributed by atoms with E-state index in [0.717, 1.165) is 0 Å². The average Bonchev–Trinajstić information content (AvgIpc) is 2.97. The zero-order valence-corrected chi connectivity index (χ0v) is 12.4. The van der Waals surface area contributed by atoms with Crippen LogP contribution < -0.4 is 0 Å². The van der Waals surface area contributed by atoms with Crippen molar-refractivity contribution in [2.24, 2.45) is 5.92 Å². The van der Waals surface area contributed by atoms with Gasteiger partial charge in [-0.25, -0.2) is 9.67 Å². The van der Waals surface area contributed by atoms with Gasteiger partial charge in [-0.2, -0.15) is 23.4 Å². The monoisotopic (exact) mass is 317 g/mol. The molecule has 0 fully saturated rings. The van der Waals surface area contributed by atoms with Crippen molar-refractivity contribution in [3.8, 4) is 0 Å². The van der Waals surface area contributed by atoms with Crippen LogP contribution in [0.4, 0.5) is 13.2 Å². The third-order valence-corrected chi connectivity index (χ3v) is 3.02. The summed E-state index contributed by atoms with van der Waals surface area (Å²) in [5, 5.41) is 16.6. The fraction of sp³-hybridized carbons (Fsp3) is 0.615. The summed E-state index contributed by atoms with van der Waals surface area (Å²) in [6.07, 6.45) is -1.96. The summed E-state index contributed by atoms with van der Waals surface area (Å²) in [6.45, 7) is 4.40. The zero-order valence-electron chi connectivity index (χ0n) is 12.4. The van der Waals surface area contributed by atoms with Gasteiger partial charge in [0.05, 0.1) is 0 Å². The van der Waals surface area contributed by atoms with E-state index in [1.165, 1.54) is 17.2 Å². The van der Waals surface area contributed by atoms with Gasteiger partial charge >= 0.3 is 6.18 Å². The van der Waals surface area contributed by atoms with Crippen LogP contribution in [0, 0.1) is 5.92 Å². The number of alkyl halides is 3. The molecule has 0 bridgehead atoms. The summed E-state index contributed by atoms with van der Waals surface area (Å²) in [5.74, 6) is 0.884. The molecule has 2 rings (SSSR count). The van der Waals surface area contributed by atoms with Gasteiger partial charge in [-0.1, -0.05) is 13.8 Å². The highest BCUT2D eigenvalue weighted by molar-refractivity contribution is 5.20. The zero-order chi connectivity index (χ0) is 16.3. The minimum absolute atomic E-state index is 0.0232. The first-order chi connectivity index (χ1) is 10.3. The maximum atomic E-state index is 12.9. The summed E-state index contributed by atoms with van der Waals surface area (Å²) in [4.78, 5) is 4.07. The molecule has 0 unspecified atom stereocenters. The SMILES string of the molecule is CC(C)Cn1ncnc1Cn1cc(CCO)c(C(F)(F)F)n1. The molecular weight excluding hydrogens is 299 g/mol. The molecule has 0 atom stereocenters. The molecule has 2 aromatic rings. The lowest BCUT2D eigenvalue weighted by Gasteiger charge is -2.08. The summed E-state index contributed by atoms with van der Waals surface area (Å²) in [5.41, 5.74) is -0.985. The van der Waals surface area contributed by atoms with E-state index in [0.29, 0.717) is 18.3 Å². The van der Waals surface area contributed by atoms with Gasteiger partial charge in [0.1, 0.15) is 18.7 Å². The Morgan fingerprint density at radius 3 is 2.64 bits per heavy atom. The van der Waals surface area contributed by atoms with Crippen molar-refractivity contribution in [3.05, 3.63) is 29.6 Å². The molecular formula is C13H18F3N5O. The molecule has 0 radical (unpaired) electrons. The van der Waals surface area contributed by atoms with Crippen LogP contribution in [-0.2, 0) is 25.7 Å². The third kappa shape index (κ3) is 3.85. The quantitative estimate of drug-likeness (QED) is 0.881. The highest BCUT2D eigenvalue weighted by atomic mass is 19.4. The van der Waals surface area contributed by atoms with Crippen LogP contribution >= 0.6 is 0 Å². The fourth-order valence-electron chi connectivity index (χ4n) is 2.14. The van der Waals surface area contributed by atoms with Crippen LogP contribution in [-0.4, -0.2) is 36.3 Å². The molecule has 6 nitrogen and oxygen atoms in total. The van der Waals surface area contributed by atoms with Crippen molar-refractivity contribution in [1.29, 1.82) is 0 Å². The number of hydrogen-bond donors (Lipinski definition) is 1. The Balaban J connectivity index is 2.25. The number of aromatic nitrogens is 5. The fourth-order valence-corrected chi connectivity index (χ4v) is 2.14. The molecule has 0 saturated heterocycles. The smallest absolute Gasteiger partial charge is 0.396 e. The number of aliphatic hydroxyl groups excluding tert-OH is 1. The van der Waals surface area contributed by atoms with E-state index >= 15 is 0 Å². The number of halogens is 3. The molecule has 2 aromatic heterocycles. The second-order valence-corrected chi connectivity index (χ2v) is 5.42. The van der Waals surface area contributed by atoms with Crippen LogP contribution in [0.25, 0.3) is 0 Å². The molecule has 22 heavy (non-hydrogen) atoms. The van der Waals surface area contributed by atoms with Gasteiger partial charge in [0.2, 0.25) is 0 Å². The van der Waals surface area contributed by atoms with Crippen LogP contribution in [0.5, 0.6) is 0 Å². The molecule has 0 aliphatic rings. The van der Waals surface area contributed by atoms with Gasteiger partial charge in [-0.05, 0) is 12.3 Å². The molecule has 0 aliphatic carbocycles. The molecule has 1 N–H and O–H groups in total. The van der Waals surface area contributed by atoms with Gasteiger partial charge in [0.25, 0.3) is 0 Å². The Morgan fingerprint density at radius 1 is 1.32 bits per heavy atom. The lowest BCUT2D eigenvalue weighted by atomic mass is 10.2. The number of aliphatic hydroxyl groups is 1. The van der Waals surface area contributed by atoms with Gasteiger partial charge in [0, 0.05) is 24.9 Å². The van der Waals surface area contributed by atoms with E-state index in [4.69, 9.17) is 5.11 Å². The maximum absolute atomic E-state index is 12.9.